The maximum Gasteiger partial charge on any atom is 0.201 e. The molecule has 0 amide bonds. The summed E-state index contributed by atoms with van der Waals surface area (Å²) in [7, 11) is 0. The second-order valence-corrected chi connectivity index (χ2v) is 5.58. The molecule has 18 heavy (non-hydrogen) atoms. The molecule has 0 atom stereocenters. The van der Waals surface area contributed by atoms with Crippen LogP contribution in [0.1, 0.15) is 33.1 Å². The lowest BCUT2D eigenvalue weighted by molar-refractivity contribution is 0.514. The van der Waals surface area contributed by atoms with Gasteiger partial charge in [0.05, 0.1) is 11.0 Å². The number of nitrogens with two attached hydrogens (primary N) is 1. The van der Waals surface area contributed by atoms with Gasteiger partial charge in [-0.25, -0.2) is 4.98 Å². The molecule has 0 spiro atoms. The first-order valence-electron chi connectivity index (χ1n) is 6.49. The van der Waals surface area contributed by atoms with Crippen molar-refractivity contribution < 1.29 is 0 Å². The van der Waals surface area contributed by atoms with E-state index < -0.39 is 0 Å². The standard InChI is InChI=1S/C14H20ClN3/c1-10(2)5-3-4-8-18-13-9-11(15)6-7-12(13)17-14(18)16/h6-7,9-10H,3-5,8H2,1-2H3,(H2,16,17). The molecule has 4 heteroatoms. The van der Waals surface area contributed by atoms with Gasteiger partial charge >= 0.3 is 0 Å². The Morgan fingerprint density at radius 1 is 1.33 bits per heavy atom. The number of fused-ring (bicyclic) bond motifs is 1. The zero-order chi connectivity index (χ0) is 13.1. The first kappa shape index (κ1) is 13.2. The summed E-state index contributed by atoms with van der Waals surface area (Å²) in [4.78, 5) is 4.35. The van der Waals surface area contributed by atoms with Gasteiger partial charge in [-0.2, -0.15) is 0 Å². The summed E-state index contributed by atoms with van der Waals surface area (Å²) >= 11 is 6.02. The number of aromatic nitrogens is 2. The molecule has 0 saturated heterocycles. The van der Waals surface area contributed by atoms with Crippen LogP contribution in [0.3, 0.4) is 0 Å². The minimum absolute atomic E-state index is 0.580. The Balaban J connectivity index is 2.12. The molecule has 0 aliphatic rings. The quantitative estimate of drug-likeness (QED) is 0.827. The smallest absolute Gasteiger partial charge is 0.201 e. The molecule has 0 aliphatic carbocycles. The SMILES string of the molecule is CC(C)CCCCn1c(N)nc2ccc(Cl)cc21. The highest BCUT2D eigenvalue weighted by Crippen LogP contribution is 2.22. The van der Waals surface area contributed by atoms with E-state index in [-0.39, 0.29) is 0 Å². The lowest BCUT2D eigenvalue weighted by Gasteiger charge is -2.07. The molecule has 98 valence electrons. The number of nitrogens with zero attached hydrogens (tertiary/aromatic N) is 2. The number of benzene rings is 1. The Bertz CT molecular complexity index is 531. The summed E-state index contributed by atoms with van der Waals surface area (Å²) in [6.45, 7) is 5.41. The molecule has 0 bridgehead atoms. The number of imidazole rings is 1. The lowest BCUT2D eigenvalue weighted by atomic mass is 10.1. The number of anilines is 1. The minimum atomic E-state index is 0.580. The highest BCUT2D eigenvalue weighted by Gasteiger charge is 2.08. The van der Waals surface area contributed by atoms with Crippen molar-refractivity contribution >= 4 is 28.6 Å². The first-order valence-corrected chi connectivity index (χ1v) is 6.87. The van der Waals surface area contributed by atoms with E-state index in [0.717, 1.165) is 34.9 Å². The van der Waals surface area contributed by atoms with Crippen LogP contribution < -0.4 is 5.73 Å². The third-order valence-electron chi connectivity index (χ3n) is 3.15. The predicted molar refractivity (Wildman–Crippen MR) is 77.8 cm³/mol. The Kier molecular flexibility index (Phi) is 4.12. The van der Waals surface area contributed by atoms with Gasteiger partial charge in [0.2, 0.25) is 5.95 Å². The predicted octanol–water partition coefficient (Wildman–Crippen LogP) is 4.10. The van der Waals surface area contributed by atoms with E-state index in [1.165, 1.54) is 12.8 Å². The van der Waals surface area contributed by atoms with Crippen LogP contribution in [0.4, 0.5) is 5.95 Å². The van der Waals surface area contributed by atoms with Gasteiger partial charge in [0.1, 0.15) is 0 Å². The van der Waals surface area contributed by atoms with E-state index in [1.807, 2.05) is 18.2 Å². The number of unbranched alkanes of at least 4 members (excludes halogenated alkanes) is 1. The van der Waals surface area contributed by atoms with Crippen molar-refractivity contribution in [1.82, 2.24) is 9.55 Å². The largest absolute Gasteiger partial charge is 0.369 e. The van der Waals surface area contributed by atoms with Crippen LogP contribution in [0.5, 0.6) is 0 Å². The Morgan fingerprint density at radius 2 is 2.11 bits per heavy atom. The van der Waals surface area contributed by atoms with Crippen LogP contribution in [-0.4, -0.2) is 9.55 Å². The van der Waals surface area contributed by atoms with E-state index in [1.54, 1.807) is 0 Å². The van der Waals surface area contributed by atoms with Gasteiger partial charge in [-0.3, -0.25) is 0 Å². The zero-order valence-corrected chi connectivity index (χ0v) is 11.7. The van der Waals surface area contributed by atoms with Crippen molar-refractivity contribution in [1.29, 1.82) is 0 Å². The second kappa shape index (κ2) is 5.61. The van der Waals surface area contributed by atoms with E-state index in [9.17, 15) is 0 Å². The van der Waals surface area contributed by atoms with E-state index >= 15 is 0 Å². The molecule has 1 aromatic heterocycles. The van der Waals surface area contributed by atoms with Gasteiger partial charge in [-0.1, -0.05) is 38.3 Å². The fourth-order valence-electron chi connectivity index (χ4n) is 2.17. The van der Waals surface area contributed by atoms with E-state index in [0.29, 0.717) is 5.95 Å². The number of halogens is 1. The maximum absolute atomic E-state index is 6.02. The number of hydrogen-bond donors (Lipinski definition) is 1. The molecule has 2 rings (SSSR count). The normalized spacial score (nSPS) is 11.6. The van der Waals surface area contributed by atoms with Crippen molar-refractivity contribution in [2.24, 2.45) is 5.92 Å². The van der Waals surface area contributed by atoms with Crippen molar-refractivity contribution in [3.05, 3.63) is 23.2 Å². The Labute approximate surface area is 113 Å². The van der Waals surface area contributed by atoms with Crippen molar-refractivity contribution in [2.75, 3.05) is 5.73 Å². The van der Waals surface area contributed by atoms with E-state index in [2.05, 4.69) is 23.4 Å². The summed E-state index contributed by atoms with van der Waals surface area (Å²) < 4.78 is 2.06. The molecular formula is C14H20ClN3. The van der Waals surface area contributed by atoms with Gasteiger partial charge in [0, 0.05) is 11.6 Å². The molecule has 1 aromatic carbocycles. The highest BCUT2D eigenvalue weighted by molar-refractivity contribution is 6.31. The summed E-state index contributed by atoms with van der Waals surface area (Å²) in [6.07, 6.45) is 3.60. The van der Waals surface area contributed by atoms with Crippen LogP contribution in [0.2, 0.25) is 5.02 Å². The molecular weight excluding hydrogens is 246 g/mol. The van der Waals surface area contributed by atoms with E-state index in [4.69, 9.17) is 17.3 Å². The van der Waals surface area contributed by atoms with Gasteiger partial charge in [0.15, 0.2) is 0 Å². The maximum atomic E-state index is 6.02. The molecule has 2 N–H and O–H groups in total. The molecule has 0 aliphatic heterocycles. The van der Waals surface area contributed by atoms with Gasteiger partial charge in [-0.15, -0.1) is 0 Å². The molecule has 2 aromatic rings. The summed E-state index contributed by atoms with van der Waals surface area (Å²) in [5.74, 6) is 1.34. The minimum Gasteiger partial charge on any atom is -0.369 e. The summed E-state index contributed by atoms with van der Waals surface area (Å²) in [5, 5.41) is 0.728. The molecule has 1 heterocycles. The Morgan fingerprint density at radius 3 is 2.83 bits per heavy atom. The molecule has 3 nitrogen and oxygen atoms in total. The molecule has 0 saturated carbocycles. The van der Waals surface area contributed by atoms with Crippen molar-refractivity contribution in [2.45, 2.75) is 39.7 Å². The van der Waals surface area contributed by atoms with Crippen LogP contribution in [0.25, 0.3) is 11.0 Å². The van der Waals surface area contributed by atoms with Gasteiger partial charge < -0.3 is 10.3 Å². The average Bonchev–Trinajstić information content (AvgIpc) is 2.60. The third kappa shape index (κ3) is 2.96. The van der Waals surface area contributed by atoms with Crippen molar-refractivity contribution in [3.8, 4) is 0 Å². The molecule has 0 radical (unpaired) electrons. The van der Waals surface area contributed by atoms with Crippen LogP contribution in [-0.2, 0) is 6.54 Å². The van der Waals surface area contributed by atoms with Crippen LogP contribution in [0.15, 0.2) is 18.2 Å². The van der Waals surface area contributed by atoms with Gasteiger partial charge in [0.25, 0.3) is 0 Å². The fraction of sp³-hybridized carbons (Fsp3) is 0.500. The second-order valence-electron chi connectivity index (χ2n) is 5.14. The summed E-state index contributed by atoms with van der Waals surface area (Å²) in [5.41, 5.74) is 7.90. The average molecular weight is 266 g/mol. The van der Waals surface area contributed by atoms with Gasteiger partial charge in [-0.05, 0) is 30.5 Å². The lowest BCUT2D eigenvalue weighted by Crippen LogP contribution is -2.03. The first-order chi connectivity index (χ1) is 8.58. The molecule has 0 fully saturated rings. The van der Waals surface area contributed by atoms with Crippen LogP contribution >= 0.6 is 11.6 Å². The summed E-state index contributed by atoms with van der Waals surface area (Å²) in [6, 6.07) is 5.70. The topological polar surface area (TPSA) is 43.8 Å². The van der Waals surface area contributed by atoms with Crippen LogP contribution in [0, 0.1) is 5.92 Å². The third-order valence-corrected chi connectivity index (χ3v) is 3.39. The number of hydrogen-bond acceptors (Lipinski definition) is 2. The number of rotatable bonds is 5. The van der Waals surface area contributed by atoms with Crippen molar-refractivity contribution in [3.63, 3.8) is 0 Å². The fourth-order valence-corrected chi connectivity index (χ4v) is 2.34. The monoisotopic (exact) mass is 265 g/mol. The number of nitrogen functional groups attached to an aromatic ring is 1. The molecule has 0 unspecified atom stereocenters. The number of aryl methyl sites for hydroxylation is 1. The Hall–Kier alpha value is -1.22. The zero-order valence-electron chi connectivity index (χ0n) is 11.0. The highest BCUT2D eigenvalue weighted by atomic mass is 35.5.